The number of hydrogen-bond donors (Lipinski definition) is 1. The lowest BCUT2D eigenvalue weighted by atomic mass is 9.72. The Labute approximate surface area is 111 Å². The molecule has 1 unspecified atom stereocenters. The summed E-state index contributed by atoms with van der Waals surface area (Å²) in [5.41, 5.74) is 10.8. The maximum absolute atomic E-state index is 6.55. The van der Waals surface area contributed by atoms with Gasteiger partial charge in [-0.1, -0.05) is 29.9 Å². The zero-order chi connectivity index (χ0) is 13.3. The number of nitrogens with two attached hydrogens (primary N) is 1. The van der Waals surface area contributed by atoms with E-state index in [1.54, 1.807) is 0 Å². The van der Waals surface area contributed by atoms with Gasteiger partial charge in [-0.15, -0.1) is 0 Å². The molecule has 2 N–H and O–H groups in total. The van der Waals surface area contributed by atoms with E-state index < -0.39 is 0 Å². The molecule has 2 nitrogen and oxygen atoms in total. The van der Waals surface area contributed by atoms with Gasteiger partial charge in [-0.3, -0.25) is 0 Å². The van der Waals surface area contributed by atoms with Crippen LogP contribution in [0.1, 0.15) is 33.1 Å². The standard InChI is InChI=1S/C16H26N2/c1-12(2)5-6-14-13(3)11-16(15(14)17)7-9-18(4)10-8-16/h5-6,15H,1,7-11,17H2,2-4H3/b6-5-. The molecule has 0 aromatic rings. The summed E-state index contributed by atoms with van der Waals surface area (Å²) in [7, 11) is 2.20. The lowest BCUT2D eigenvalue weighted by Gasteiger charge is -2.41. The first kappa shape index (κ1) is 13.6. The molecule has 2 rings (SSSR count). The molecule has 1 aliphatic heterocycles. The van der Waals surface area contributed by atoms with Crippen LogP contribution in [0.5, 0.6) is 0 Å². The van der Waals surface area contributed by atoms with E-state index in [0.29, 0.717) is 5.41 Å². The Bertz CT molecular complexity index is 395. The van der Waals surface area contributed by atoms with Crippen molar-refractivity contribution in [1.29, 1.82) is 0 Å². The number of nitrogens with zero attached hydrogens (tertiary/aromatic N) is 1. The number of likely N-dealkylation sites (tertiary alicyclic amines) is 1. The fourth-order valence-corrected chi connectivity index (χ4v) is 3.37. The predicted molar refractivity (Wildman–Crippen MR) is 78.4 cm³/mol. The van der Waals surface area contributed by atoms with Crippen LogP contribution in [0.2, 0.25) is 0 Å². The summed E-state index contributed by atoms with van der Waals surface area (Å²) >= 11 is 0. The number of rotatable bonds is 2. The molecule has 0 radical (unpaired) electrons. The molecule has 2 heteroatoms. The van der Waals surface area contributed by atoms with Crippen LogP contribution in [-0.2, 0) is 0 Å². The summed E-state index contributed by atoms with van der Waals surface area (Å²) in [5, 5.41) is 0. The van der Waals surface area contributed by atoms with E-state index in [0.717, 1.165) is 5.57 Å². The van der Waals surface area contributed by atoms with Gasteiger partial charge < -0.3 is 10.6 Å². The molecule has 1 aliphatic carbocycles. The molecule has 1 saturated heterocycles. The minimum Gasteiger partial charge on any atom is -0.323 e. The van der Waals surface area contributed by atoms with Crippen LogP contribution >= 0.6 is 0 Å². The molecular weight excluding hydrogens is 220 g/mol. The van der Waals surface area contributed by atoms with Gasteiger partial charge in [0.05, 0.1) is 0 Å². The van der Waals surface area contributed by atoms with Gasteiger partial charge >= 0.3 is 0 Å². The van der Waals surface area contributed by atoms with Crippen molar-refractivity contribution in [1.82, 2.24) is 4.90 Å². The zero-order valence-electron chi connectivity index (χ0n) is 12.0. The molecule has 0 bridgehead atoms. The number of hydrogen-bond acceptors (Lipinski definition) is 2. The Kier molecular flexibility index (Phi) is 3.79. The quantitative estimate of drug-likeness (QED) is 0.759. The van der Waals surface area contributed by atoms with Crippen LogP contribution in [0.25, 0.3) is 0 Å². The second-order valence-corrected chi connectivity index (χ2v) is 6.24. The van der Waals surface area contributed by atoms with E-state index >= 15 is 0 Å². The third-order valence-corrected chi connectivity index (χ3v) is 4.64. The van der Waals surface area contributed by atoms with Crippen LogP contribution in [0, 0.1) is 5.41 Å². The summed E-state index contributed by atoms with van der Waals surface area (Å²) in [6, 6.07) is 0.210. The average Bonchev–Trinajstić information content (AvgIpc) is 2.53. The second-order valence-electron chi connectivity index (χ2n) is 6.24. The van der Waals surface area contributed by atoms with Gasteiger partial charge in [-0.2, -0.15) is 0 Å². The molecule has 0 saturated carbocycles. The lowest BCUT2D eigenvalue weighted by molar-refractivity contribution is 0.116. The highest BCUT2D eigenvalue weighted by atomic mass is 15.1. The zero-order valence-corrected chi connectivity index (χ0v) is 12.0. The highest BCUT2D eigenvalue weighted by molar-refractivity contribution is 5.40. The van der Waals surface area contributed by atoms with Crippen molar-refractivity contribution in [3.8, 4) is 0 Å². The SMILES string of the molecule is C=C(C)/C=C\C1=C(C)CC2(CCN(C)CC2)C1N. The third-order valence-electron chi connectivity index (χ3n) is 4.64. The van der Waals surface area contributed by atoms with Gasteiger partial charge in [-0.05, 0) is 64.2 Å². The molecule has 2 aliphatic rings. The van der Waals surface area contributed by atoms with E-state index in [1.165, 1.54) is 43.5 Å². The van der Waals surface area contributed by atoms with Gasteiger partial charge in [0, 0.05) is 6.04 Å². The minimum absolute atomic E-state index is 0.210. The summed E-state index contributed by atoms with van der Waals surface area (Å²) in [5.74, 6) is 0. The molecule has 1 spiro atoms. The number of allylic oxidation sites excluding steroid dienone is 3. The van der Waals surface area contributed by atoms with Crippen molar-refractivity contribution in [2.24, 2.45) is 11.1 Å². The van der Waals surface area contributed by atoms with Crippen LogP contribution < -0.4 is 5.73 Å². The van der Waals surface area contributed by atoms with Crippen LogP contribution in [0.3, 0.4) is 0 Å². The minimum atomic E-state index is 0.210. The highest BCUT2D eigenvalue weighted by Crippen LogP contribution is 2.48. The van der Waals surface area contributed by atoms with Gasteiger partial charge in [-0.25, -0.2) is 0 Å². The van der Waals surface area contributed by atoms with Crippen molar-refractivity contribution < 1.29 is 0 Å². The molecule has 1 heterocycles. The highest BCUT2D eigenvalue weighted by Gasteiger charge is 2.44. The van der Waals surface area contributed by atoms with E-state index in [2.05, 4.69) is 37.6 Å². The molecule has 0 aromatic heterocycles. The van der Waals surface area contributed by atoms with Crippen molar-refractivity contribution >= 4 is 0 Å². The van der Waals surface area contributed by atoms with Crippen molar-refractivity contribution in [3.63, 3.8) is 0 Å². The fraction of sp³-hybridized carbons (Fsp3) is 0.625. The predicted octanol–water partition coefficient (Wildman–Crippen LogP) is 2.88. The summed E-state index contributed by atoms with van der Waals surface area (Å²) in [6.07, 6.45) is 7.92. The molecule has 0 aromatic carbocycles. The van der Waals surface area contributed by atoms with Crippen molar-refractivity contribution in [2.75, 3.05) is 20.1 Å². The molecule has 0 amide bonds. The van der Waals surface area contributed by atoms with E-state index in [9.17, 15) is 0 Å². The van der Waals surface area contributed by atoms with Gasteiger partial charge in [0.1, 0.15) is 0 Å². The summed E-state index contributed by atoms with van der Waals surface area (Å²) in [6.45, 7) is 10.5. The third kappa shape index (κ3) is 2.45. The monoisotopic (exact) mass is 246 g/mol. The van der Waals surface area contributed by atoms with E-state index in [-0.39, 0.29) is 6.04 Å². The van der Waals surface area contributed by atoms with Crippen molar-refractivity contribution in [3.05, 3.63) is 35.5 Å². The Hall–Kier alpha value is -0.860. The first-order valence-electron chi connectivity index (χ1n) is 6.92. The van der Waals surface area contributed by atoms with E-state index in [4.69, 9.17) is 5.73 Å². The Morgan fingerprint density at radius 3 is 2.61 bits per heavy atom. The summed E-state index contributed by atoms with van der Waals surface area (Å²) < 4.78 is 0. The largest absolute Gasteiger partial charge is 0.323 e. The molecule has 100 valence electrons. The van der Waals surface area contributed by atoms with Crippen LogP contribution in [0.4, 0.5) is 0 Å². The van der Waals surface area contributed by atoms with Gasteiger partial charge in [0.2, 0.25) is 0 Å². The molecule has 1 fully saturated rings. The second kappa shape index (κ2) is 5.02. The fourth-order valence-electron chi connectivity index (χ4n) is 3.37. The van der Waals surface area contributed by atoms with E-state index in [1.807, 2.05) is 6.92 Å². The van der Waals surface area contributed by atoms with Crippen LogP contribution in [-0.4, -0.2) is 31.1 Å². The maximum atomic E-state index is 6.55. The summed E-state index contributed by atoms with van der Waals surface area (Å²) in [4.78, 5) is 2.41. The Balaban J connectivity index is 2.15. The lowest BCUT2D eigenvalue weighted by Crippen LogP contribution is -2.46. The molecule has 18 heavy (non-hydrogen) atoms. The Morgan fingerprint density at radius 2 is 2.06 bits per heavy atom. The Morgan fingerprint density at radius 1 is 1.44 bits per heavy atom. The normalized spacial score (nSPS) is 28.6. The topological polar surface area (TPSA) is 29.3 Å². The van der Waals surface area contributed by atoms with Gasteiger partial charge in [0.25, 0.3) is 0 Å². The van der Waals surface area contributed by atoms with Crippen LogP contribution in [0.15, 0.2) is 35.5 Å². The van der Waals surface area contributed by atoms with Crippen molar-refractivity contribution in [2.45, 2.75) is 39.2 Å². The molecular formula is C16H26N2. The molecule has 1 atom stereocenters. The maximum Gasteiger partial charge on any atom is 0.0355 e. The first-order chi connectivity index (χ1) is 8.44. The average molecular weight is 246 g/mol. The first-order valence-corrected chi connectivity index (χ1v) is 6.92. The van der Waals surface area contributed by atoms with Gasteiger partial charge in [0.15, 0.2) is 0 Å². The smallest absolute Gasteiger partial charge is 0.0355 e. The number of piperidine rings is 1.